The highest BCUT2D eigenvalue weighted by Gasteiger charge is 2.13. The molecule has 0 aliphatic carbocycles. The van der Waals surface area contributed by atoms with Gasteiger partial charge in [0.1, 0.15) is 0 Å². The molecule has 0 heterocycles. The number of rotatable bonds is 8. The van der Waals surface area contributed by atoms with E-state index >= 15 is 0 Å². The maximum Gasteiger partial charge on any atom is 0.249 e. The second-order valence-corrected chi connectivity index (χ2v) is 5.23. The first-order valence-corrected chi connectivity index (χ1v) is 7.76. The number of carbonyl (C=O) groups is 1. The first-order chi connectivity index (χ1) is 10.6. The van der Waals surface area contributed by atoms with Gasteiger partial charge in [-0.25, -0.2) is 0 Å². The standard InChI is InChI=1S/C18H27NO3/c1-6-10-19(11-7-2)18(20)14(3)12-15-8-9-16(21-4)17(13-15)22-5/h8-9,12-13H,6-7,10-11H2,1-5H3/b14-12+. The molecular formula is C18H27NO3. The van der Waals surface area contributed by atoms with Crippen molar-refractivity contribution in [3.63, 3.8) is 0 Å². The van der Waals surface area contributed by atoms with E-state index in [-0.39, 0.29) is 5.91 Å². The third-order valence-corrected chi connectivity index (χ3v) is 3.40. The zero-order valence-electron chi connectivity index (χ0n) is 14.3. The monoisotopic (exact) mass is 305 g/mol. The summed E-state index contributed by atoms with van der Waals surface area (Å²) in [5.41, 5.74) is 1.66. The third-order valence-electron chi connectivity index (χ3n) is 3.40. The Kier molecular flexibility index (Phi) is 7.50. The molecule has 0 saturated carbocycles. The minimum atomic E-state index is 0.0958. The average molecular weight is 305 g/mol. The molecule has 1 aromatic rings. The number of ether oxygens (including phenoxy) is 2. The van der Waals surface area contributed by atoms with E-state index in [1.165, 1.54) is 0 Å². The second kappa shape index (κ2) is 9.13. The Morgan fingerprint density at radius 3 is 2.18 bits per heavy atom. The molecule has 0 N–H and O–H groups in total. The maximum absolute atomic E-state index is 12.5. The molecule has 4 nitrogen and oxygen atoms in total. The summed E-state index contributed by atoms with van der Waals surface area (Å²) >= 11 is 0. The lowest BCUT2D eigenvalue weighted by molar-refractivity contribution is -0.127. The van der Waals surface area contributed by atoms with Crippen LogP contribution in [0.1, 0.15) is 39.2 Å². The van der Waals surface area contributed by atoms with Crippen molar-refractivity contribution in [2.75, 3.05) is 27.3 Å². The van der Waals surface area contributed by atoms with Gasteiger partial charge in [-0.05, 0) is 43.5 Å². The Hall–Kier alpha value is -1.97. The first-order valence-electron chi connectivity index (χ1n) is 7.76. The first kappa shape index (κ1) is 18.1. The highest BCUT2D eigenvalue weighted by atomic mass is 16.5. The Morgan fingerprint density at radius 2 is 1.68 bits per heavy atom. The third kappa shape index (κ3) is 4.79. The Bertz CT molecular complexity index is 517. The highest BCUT2D eigenvalue weighted by molar-refractivity contribution is 5.97. The number of nitrogens with zero attached hydrogens (tertiary/aromatic N) is 1. The van der Waals surface area contributed by atoms with Gasteiger partial charge in [0.15, 0.2) is 11.5 Å². The van der Waals surface area contributed by atoms with Crippen molar-refractivity contribution in [2.45, 2.75) is 33.6 Å². The van der Waals surface area contributed by atoms with E-state index in [4.69, 9.17) is 9.47 Å². The molecule has 0 aliphatic rings. The number of hydrogen-bond donors (Lipinski definition) is 0. The van der Waals surface area contributed by atoms with E-state index in [9.17, 15) is 4.79 Å². The minimum absolute atomic E-state index is 0.0958. The molecule has 0 unspecified atom stereocenters. The zero-order chi connectivity index (χ0) is 16.5. The van der Waals surface area contributed by atoms with Gasteiger partial charge in [-0.15, -0.1) is 0 Å². The van der Waals surface area contributed by atoms with E-state index in [0.29, 0.717) is 11.5 Å². The zero-order valence-corrected chi connectivity index (χ0v) is 14.3. The fourth-order valence-corrected chi connectivity index (χ4v) is 2.36. The van der Waals surface area contributed by atoms with Crippen molar-refractivity contribution in [2.24, 2.45) is 0 Å². The molecular weight excluding hydrogens is 278 g/mol. The van der Waals surface area contributed by atoms with Gasteiger partial charge >= 0.3 is 0 Å². The van der Waals surface area contributed by atoms with Crippen LogP contribution in [0.25, 0.3) is 6.08 Å². The molecule has 0 fully saturated rings. The fourth-order valence-electron chi connectivity index (χ4n) is 2.36. The van der Waals surface area contributed by atoms with Gasteiger partial charge in [0, 0.05) is 18.7 Å². The molecule has 122 valence electrons. The molecule has 0 radical (unpaired) electrons. The molecule has 0 aliphatic heterocycles. The molecule has 0 atom stereocenters. The van der Waals surface area contributed by atoms with Crippen molar-refractivity contribution in [1.29, 1.82) is 0 Å². The Morgan fingerprint density at radius 1 is 1.09 bits per heavy atom. The topological polar surface area (TPSA) is 38.8 Å². The van der Waals surface area contributed by atoms with E-state index in [1.807, 2.05) is 36.1 Å². The van der Waals surface area contributed by atoms with Crippen LogP contribution in [0, 0.1) is 0 Å². The van der Waals surface area contributed by atoms with Crippen LogP contribution in [0.5, 0.6) is 11.5 Å². The SMILES string of the molecule is CCCN(CCC)C(=O)/C(C)=C/c1ccc(OC)c(OC)c1. The normalized spacial score (nSPS) is 11.2. The lowest BCUT2D eigenvalue weighted by atomic mass is 10.1. The predicted molar refractivity (Wildman–Crippen MR) is 90.4 cm³/mol. The Balaban J connectivity index is 2.97. The van der Waals surface area contributed by atoms with E-state index < -0.39 is 0 Å². The summed E-state index contributed by atoms with van der Waals surface area (Å²) in [7, 11) is 3.21. The van der Waals surface area contributed by atoms with Crippen molar-refractivity contribution >= 4 is 12.0 Å². The molecule has 1 aromatic carbocycles. The van der Waals surface area contributed by atoms with Crippen molar-refractivity contribution in [3.8, 4) is 11.5 Å². The summed E-state index contributed by atoms with van der Waals surface area (Å²) < 4.78 is 10.5. The number of carbonyl (C=O) groups excluding carboxylic acids is 1. The number of hydrogen-bond acceptors (Lipinski definition) is 3. The van der Waals surface area contributed by atoms with E-state index in [1.54, 1.807) is 14.2 Å². The van der Waals surface area contributed by atoms with Crippen molar-refractivity contribution in [3.05, 3.63) is 29.3 Å². The molecule has 0 spiro atoms. The van der Waals surface area contributed by atoms with Crippen LogP contribution in [0.2, 0.25) is 0 Å². The molecule has 0 bridgehead atoms. The highest BCUT2D eigenvalue weighted by Crippen LogP contribution is 2.28. The summed E-state index contributed by atoms with van der Waals surface area (Å²) in [6, 6.07) is 5.64. The van der Waals surface area contributed by atoms with E-state index in [2.05, 4.69) is 13.8 Å². The number of benzene rings is 1. The number of methoxy groups -OCH3 is 2. The lowest BCUT2D eigenvalue weighted by Crippen LogP contribution is -2.32. The summed E-state index contributed by atoms with van der Waals surface area (Å²) in [6.45, 7) is 7.62. The van der Waals surface area contributed by atoms with Crippen LogP contribution >= 0.6 is 0 Å². The molecule has 1 amide bonds. The fraction of sp³-hybridized carbons (Fsp3) is 0.500. The largest absolute Gasteiger partial charge is 0.493 e. The van der Waals surface area contributed by atoms with Crippen LogP contribution < -0.4 is 9.47 Å². The van der Waals surface area contributed by atoms with Crippen LogP contribution in [-0.4, -0.2) is 38.1 Å². The smallest absolute Gasteiger partial charge is 0.249 e. The molecule has 4 heteroatoms. The molecule has 22 heavy (non-hydrogen) atoms. The average Bonchev–Trinajstić information content (AvgIpc) is 2.53. The number of amides is 1. The molecule has 1 rings (SSSR count). The summed E-state index contributed by atoms with van der Waals surface area (Å²) in [5.74, 6) is 1.44. The molecule has 0 saturated heterocycles. The van der Waals surface area contributed by atoms with Gasteiger partial charge in [0.25, 0.3) is 0 Å². The predicted octanol–water partition coefficient (Wildman–Crippen LogP) is 3.76. The van der Waals surface area contributed by atoms with Gasteiger partial charge in [-0.3, -0.25) is 4.79 Å². The van der Waals surface area contributed by atoms with Crippen molar-refractivity contribution in [1.82, 2.24) is 4.90 Å². The van der Waals surface area contributed by atoms with Gasteiger partial charge in [-0.2, -0.15) is 0 Å². The summed E-state index contributed by atoms with van der Waals surface area (Å²) in [6.07, 6.45) is 3.83. The van der Waals surface area contributed by atoms with Gasteiger partial charge in [0.2, 0.25) is 5.91 Å². The van der Waals surface area contributed by atoms with Crippen LogP contribution in [0.4, 0.5) is 0 Å². The molecule has 0 aromatic heterocycles. The minimum Gasteiger partial charge on any atom is -0.493 e. The van der Waals surface area contributed by atoms with Crippen LogP contribution in [0.15, 0.2) is 23.8 Å². The lowest BCUT2D eigenvalue weighted by Gasteiger charge is -2.21. The van der Waals surface area contributed by atoms with Crippen LogP contribution in [0.3, 0.4) is 0 Å². The Labute approximate surface area is 133 Å². The van der Waals surface area contributed by atoms with Crippen LogP contribution in [-0.2, 0) is 4.79 Å². The van der Waals surface area contributed by atoms with E-state index in [0.717, 1.165) is 37.1 Å². The van der Waals surface area contributed by atoms with Gasteiger partial charge in [0.05, 0.1) is 14.2 Å². The van der Waals surface area contributed by atoms with Crippen molar-refractivity contribution < 1.29 is 14.3 Å². The summed E-state index contributed by atoms with van der Waals surface area (Å²) in [5, 5.41) is 0. The quantitative estimate of drug-likeness (QED) is 0.687. The maximum atomic E-state index is 12.5. The second-order valence-electron chi connectivity index (χ2n) is 5.23. The summed E-state index contributed by atoms with van der Waals surface area (Å²) in [4.78, 5) is 14.4. The van der Waals surface area contributed by atoms with Gasteiger partial charge in [-0.1, -0.05) is 19.9 Å². The van der Waals surface area contributed by atoms with Gasteiger partial charge < -0.3 is 14.4 Å².